The summed E-state index contributed by atoms with van der Waals surface area (Å²) >= 11 is 0. The third-order valence-electron chi connectivity index (χ3n) is 2.37. The SMILES string of the molecule is Cc1ncc[nH]1.c1c[nH]cn1.c1ccc2[nH]cnc2c1. The second-order valence-corrected chi connectivity index (χ2v) is 3.85. The lowest BCUT2D eigenvalue weighted by Gasteiger charge is -1.81. The van der Waals surface area contributed by atoms with Gasteiger partial charge in [0, 0.05) is 24.8 Å². The number of para-hydroxylation sites is 2. The first-order chi connectivity index (χ1) is 9.86. The molecule has 6 nitrogen and oxygen atoms in total. The topological polar surface area (TPSA) is 86.0 Å². The first kappa shape index (κ1) is 13.5. The van der Waals surface area contributed by atoms with Crippen molar-refractivity contribution in [1.82, 2.24) is 29.9 Å². The van der Waals surface area contributed by atoms with Gasteiger partial charge in [-0.3, -0.25) is 0 Å². The van der Waals surface area contributed by atoms with E-state index in [1.165, 1.54) is 0 Å². The van der Waals surface area contributed by atoms with E-state index in [2.05, 4.69) is 29.9 Å². The molecule has 0 amide bonds. The summed E-state index contributed by atoms with van der Waals surface area (Å²) in [6, 6.07) is 7.94. The van der Waals surface area contributed by atoms with E-state index in [0.717, 1.165) is 16.9 Å². The Morgan fingerprint density at radius 2 is 1.80 bits per heavy atom. The van der Waals surface area contributed by atoms with E-state index in [4.69, 9.17) is 0 Å². The molecule has 6 heteroatoms. The van der Waals surface area contributed by atoms with Crippen molar-refractivity contribution in [3.63, 3.8) is 0 Å². The van der Waals surface area contributed by atoms with E-state index in [1.807, 2.05) is 31.2 Å². The van der Waals surface area contributed by atoms with Gasteiger partial charge in [0.2, 0.25) is 0 Å². The number of benzene rings is 1. The van der Waals surface area contributed by atoms with Crippen molar-refractivity contribution in [2.45, 2.75) is 6.92 Å². The minimum atomic E-state index is 0.968. The van der Waals surface area contributed by atoms with Gasteiger partial charge >= 0.3 is 0 Å². The van der Waals surface area contributed by atoms with Gasteiger partial charge in [-0.05, 0) is 19.1 Å². The zero-order chi connectivity index (χ0) is 14.0. The number of rotatable bonds is 0. The van der Waals surface area contributed by atoms with Crippen molar-refractivity contribution < 1.29 is 0 Å². The first-order valence-electron chi connectivity index (χ1n) is 6.13. The number of nitrogens with zero attached hydrogens (tertiary/aromatic N) is 3. The maximum absolute atomic E-state index is 4.06. The normalized spacial score (nSPS) is 9.25. The summed E-state index contributed by atoms with van der Waals surface area (Å²) in [7, 11) is 0. The summed E-state index contributed by atoms with van der Waals surface area (Å²) in [4.78, 5) is 20.2. The number of fused-ring (bicyclic) bond motifs is 1. The van der Waals surface area contributed by atoms with Crippen LogP contribution in [-0.2, 0) is 0 Å². The first-order valence-corrected chi connectivity index (χ1v) is 6.13. The van der Waals surface area contributed by atoms with E-state index < -0.39 is 0 Å². The number of nitrogens with one attached hydrogen (secondary N) is 3. The quantitative estimate of drug-likeness (QED) is 0.458. The molecule has 102 valence electrons. The molecule has 0 aliphatic carbocycles. The van der Waals surface area contributed by atoms with Crippen LogP contribution in [0.25, 0.3) is 11.0 Å². The Bertz CT molecular complexity index is 634. The Kier molecular flexibility index (Phi) is 5.09. The molecule has 0 radical (unpaired) electrons. The molecule has 4 rings (SSSR count). The highest BCUT2D eigenvalue weighted by Gasteiger charge is 1.88. The predicted octanol–water partition coefficient (Wildman–Crippen LogP) is 2.69. The summed E-state index contributed by atoms with van der Waals surface area (Å²) in [5.74, 6) is 0.968. The Hall–Kier alpha value is -2.89. The van der Waals surface area contributed by atoms with Crippen LogP contribution in [0, 0.1) is 6.92 Å². The lowest BCUT2D eigenvalue weighted by molar-refractivity contribution is 1.15. The summed E-state index contributed by atoms with van der Waals surface area (Å²) in [5, 5.41) is 0. The summed E-state index contributed by atoms with van der Waals surface area (Å²) in [6.45, 7) is 1.92. The zero-order valence-electron chi connectivity index (χ0n) is 11.1. The molecule has 0 unspecified atom stereocenters. The molecule has 3 aromatic heterocycles. The molecule has 3 N–H and O–H groups in total. The minimum Gasteiger partial charge on any atom is -0.351 e. The molecule has 3 heterocycles. The van der Waals surface area contributed by atoms with Gasteiger partial charge < -0.3 is 15.0 Å². The second-order valence-electron chi connectivity index (χ2n) is 3.85. The number of imidazole rings is 3. The molecule has 0 atom stereocenters. The molecule has 0 spiro atoms. The van der Waals surface area contributed by atoms with Crippen molar-refractivity contribution in [3.05, 3.63) is 67.5 Å². The molecular weight excluding hydrogens is 252 g/mol. The van der Waals surface area contributed by atoms with Crippen LogP contribution in [0.5, 0.6) is 0 Å². The number of aromatic nitrogens is 6. The van der Waals surface area contributed by atoms with Gasteiger partial charge in [-0.15, -0.1) is 0 Å². The van der Waals surface area contributed by atoms with Gasteiger partial charge in [-0.25, -0.2) is 15.0 Å². The van der Waals surface area contributed by atoms with Crippen molar-refractivity contribution in [2.75, 3.05) is 0 Å². The number of aromatic amines is 3. The molecule has 0 saturated carbocycles. The van der Waals surface area contributed by atoms with Crippen LogP contribution in [0.15, 0.2) is 61.7 Å². The maximum atomic E-state index is 4.06. The van der Waals surface area contributed by atoms with Gasteiger partial charge in [0.05, 0.1) is 23.7 Å². The van der Waals surface area contributed by atoms with Gasteiger partial charge in [0.25, 0.3) is 0 Å². The van der Waals surface area contributed by atoms with E-state index in [-0.39, 0.29) is 0 Å². The van der Waals surface area contributed by atoms with Crippen LogP contribution in [0.1, 0.15) is 5.82 Å². The van der Waals surface area contributed by atoms with Crippen LogP contribution in [-0.4, -0.2) is 29.9 Å². The fraction of sp³-hybridized carbons (Fsp3) is 0.0714. The van der Waals surface area contributed by atoms with Crippen molar-refractivity contribution in [3.8, 4) is 0 Å². The smallest absolute Gasteiger partial charge is 0.102 e. The van der Waals surface area contributed by atoms with Crippen molar-refractivity contribution in [1.29, 1.82) is 0 Å². The fourth-order valence-corrected chi connectivity index (χ4v) is 1.44. The highest BCUT2D eigenvalue weighted by molar-refractivity contribution is 5.73. The number of H-pyrrole nitrogens is 3. The van der Waals surface area contributed by atoms with Gasteiger partial charge in [0.15, 0.2) is 0 Å². The lowest BCUT2D eigenvalue weighted by atomic mass is 10.3. The molecule has 0 saturated heterocycles. The van der Waals surface area contributed by atoms with Crippen LogP contribution in [0.3, 0.4) is 0 Å². The molecule has 1 aromatic carbocycles. The minimum absolute atomic E-state index is 0.968. The molecule has 0 aliphatic heterocycles. The monoisotopic (exact) mass is 268 g/mol. The fourth-order valence-electron chi connectivity index (χ4n) is 1.44. The Balaban J connectivity index is 0.000000117. The third-order valence-corrected chi connectivity index (χ3v) is 2.37. The van der Waals surface area contributed by atoms with E-state index in [9.17, 15) is 0 Å². The number of hydrogen-bond acceptors (Lipinski definition) is 3. The highest BCUT2D eigenvalue weighted by atomic mass is 14.9. The lowest BCUT2D eigenvalue weighted by Crippen LogP contribution is -1.66. The Morgan fingerprint density at radius 1 is 0.900 bits per heavy atom. The van der Waals surface area contributed by atoms with E-state index in [1.54, 1.807) is 37.4 Å². The third kappa shape index (κ3) is 4.41. The van der Waals surface area contributed by atoms with E-state index >= 15 is 0 Å². The summed E-state index contributed by atoms with van der Waals surface area (Å²) < 4.78 is 0. The van der Waals surface area contributed by atoms with Gasteiger partial charge in [0.1, 0.15) is 5.82 Å². The average molecular weight is 268 g/mol. The van der Waals surface area contributed by atoms with Crippen LogP contribution in [0.2, 0.25) is 0 Å². The zero-order valence-corrected chi connectivity index (χ0v) is 11.1. The number of hydrogen-bond donors (Lipinski definition) is 3. The second kappa shape index (κ2) is 7.52. The molecule has 4 aromatic rings. The molecule has 20 heavy (non-hydrogen) atoms. The van der Waals surface area contributed by atoms with Gasteiger partial charge in [-0.2, -0.15) is 0 Å². The summed E-state index contributed by atoms with van der Waals surface area (Å²) in [5.41, 5.74) is 2.12. The van der Waals surface area contributed by atoms with Crippen molar-refractivity contribution >= 4 is 11.0 Å². The predicted molar refractivity (Wildman–Crippen MR) is 78.0 cm³/mol. The summed E-state index contributed by atoms with van der Waals surface area (Å²) in [6.07, 6.45) is 10.3. The number of aryl methyl sites for hydroxylation is 1. The Morgan fingerprint density at radius 3 is 2.30 bits per heavy atom. The molecular formula is C14H16N6. The van der Waals surface area contributed by atoms with Crippen LogP contribution in [0.4, 0.5) is 0 Å². The largest absolute Gasteiger partial charge is 0.351 e. The highest BCUT2D eigenvalue weighted by Crippen LogP contribution is 2.05. The maximum Gasteiger partial charge on any atom is 0.102 e. The van der Waals surface area contributed by atoms with Crippen molar-refractivity contribution in [2.24, 2.45) is 0 Å². The molecule has 0 aliphatic rings. The van der Waals surface area contributed by atoms with Crippen LogP contribution < -0.4 is 0 Å². The van der Waals surface area contributed by atoms with Gasteiger partial charge in [-0.1, -0.05) is 12.1 Å². The van der Waals surface area contributed by atoms with E-state index in [0.29, 0.717) is 0 Å². The molecule has 0 fully saturated rings. The average Bonchev–Trinajstić information content (AvgIpc) is 3.24. The Labute approximate surface area is 116 Å². The molecule has 0 bridgehead atoms. The standard InChI is InChI=1S/C7H6N2.C4H6N2.C3H4N2/c1-2-4-7-6(3-1)8-5-9-7;1-4-5-2-3-6-4;1-2-5-3-4-1/h1-5H,(H,8,9);2-3H,1H3,(H,5,6);1-3H,(H,4,5). The van der Waals surface area contributed by atoms with Crippen LogP contribution >= 0.6 is 0 Å².